The number of alkyl halides is 3. The molecule has 8 heteroatoms. The molecule has 3 aliphatic heterocycles. The van der Waals surface area contributed by atoms with E-state index in [0.29, 0.717) is 46.1 Å². The zero-order chi connectivity index (χ0) is 22.0. The maximum absolute atomic E-state index is 13.7. The summed E-state index contributed by atoms with van der Waals surface area (Å²) in [6, 6.07) is 4.19. The van der Waals surface area contributed by atoms with E-state index in [4.69, 9.17) is 9.84 Å². The molecule has 4 rings (SSSR count). The molecule has 1 fully saturated rings. The third-order valence-corrected chi connectivity index (χ3v) is 7.25. The van der Waals surface area contributed by atoms with E-state index in [1.165, 1.54) is 18.2 Å². The van der Waals surface area contributed by atoms with Crippen LogP contribution in [0.15, 0.2) is 45.9 Å². The van der Waals surface area contributed by atoms with Gasteiger partial charge in [0.15, 0.2) is 0 Å². The Bertz CT molecular complexity index is 915. The van der Waals surface area contributed by atoms with Crippen LogP contribution in [0.3, 0.4) is 0 Å². The van der Waals surface area contributed by atoms with Gasteiger partial charge < -0.3 is 14.7 Å². The van der Waals surface area contributed by atoms with E-state index in [-0.39, 0.29) is 6.61 Å². The maximum Gasteiger partial charge on any atom is 0.422 e. The van der Waals surface area contributed by atoms with E-state index in [1.807, 2.05) is 0 Å². The molecule has 0 bridgehead atoms. The Kier molecular flexibility index (Phi) is 6.79. The van der Waals surface area contributed by atoms with Gasteiger partial charge >= 0.3 is 6.18 Å². The molecule has 0 aliphatic carbocycles. The molecule has 0 spiro atoms. The number of fused-ring (bicyclic) bond motifs is 2. The summed E-state index contributed by atoms with van der Waals surface area (Å²) in [7, 11) is 0. The molecular weight excluding hydrogens is 430 g/mol. The second kappa shape index (κ2) is 9.38. The molecule has 1 aromatic rings. The molecule has 1 N–H and O–H groups in total. The topological polar surface area (TPSA) is 32.7 Å². The zero-order valence-corrected chi connectivity index (χ0v) is 17.9. The normalized spacial score (nSPS) is 20.0. The lowest BCUT2D eigenvalue weighted by Gasteiger charge is -2.32. The Morgan fingerprint density at radius 3 is 2.65 bits per heavy atom. The monoisotopic (exact) mass is 455 g/mol. The van der Waals surface area contributed by atoms with Gasteiger partial charge in [0.25, 0.3) is 0 Å². The first-order chi connectivity index (χ1) is 14.8. The van der Waals surface area contributed by atoms with Crippen LogP contribution >= 0.6 is 11.8 Å². The number of benzene rings is 1. The smallest absolute Gasteiger partial charge is 0.422 e. The highest BCUT2D eigenvalue weighted by Crippen LogP contribution is 2.51. The highest BCUT2D eigenvalue weighted by atomic mass is 32.2. The van der Waals surface area contributed by atoms with E-state index < -0.39 is 16.9 Å². The predicted octanol–water partition coefficient (Wildman–Crippen LogP) is 5.88. The lowest BCUT2D eigenvalue weighted by molar-refractivity contribution is -0.0836. The molecule has 0 atom stereocenters. The fourth-order valence-electron chi connectivity index (χ4n) is 4.34. The molecule has 168 valence electrons. The number of likely N-dealkylation sites (tertiary alicyclic amines) is 1. The number of hydrogen-bond donors (Lipinski definition) is 1. The predicted molar refractivity (Wildman–Crippen MR) is 114 cm³/mol. The van der Waals surface area contributed by atoms with Gasteiger partial charge in [0, 0.05) is 18.2 Å². The number of hydrogen-bond acceptors (Lipinski definition) is 4. The van der Waals surface area contributed by atoms with E-state index >= 15 is 0 Å². The molecule has 0 saturated carbocycles. The summed E-state index contributed by atoms with van der Waals surface area (Å²) in [5, 5.41) is 9.10. The van der Waals surface area contributed by atoms with Crippen molar-refractivity contribution in [1.82, 2.24) is 4.90 Å². The Morgan fingerprint density at radius 1 is 1.16 bits per heavy atom. The second-order valence-corrected chi connectivity index (χ2v) is 9.16. The lowest BCUT2D eigenvalue weighted by Crippen LogP contribution is -2.34. The number of rotatable bonds is 6. The fourth-order valence-corrected chi connectivity index (χ4v) is 5.36. The van der Waals surface area contributed by atoms with E-state index in [1.54, 1.807) is 6.07 Å². The average Bonchev–Trinajstić information content (AvgIpc) is 2.73. The van der Waals surface area contributed by atoms with Gasteiger partial charge in [-0.1, -0.05) is 11.8 Å². The molecule has 0 amide bonds. The van der Waals surface area contributed by atoms with E-state index in [9.17, 15) is 17.6 Å². The zero-order valence-electron chi connectivity index (χ0n) is 17.1. The number of allylic oxidation sites excluding steroid dienone is 4. The third-order valence-electron chi connectivity index (χ3n) is 6.01. The van der Waals surface area contributed by atoms with E-state index in [0.717, 1.165) is 57.0 Å². The number of halogens is 4. The first kappa shape index (κ1) is 22.4. The van der Waals surface area contributed by atoms with Crippen molar-refractivity contribution < 1.29 is 27.4 Å². The minimum absolute atomic E-state index is 0.228. The number of ether oxygens (including phenoxy) is 1. The van der Waals surface area contributed by atoms with E-state index in [2.05, 4.69) is 4.90 Å². The summed E-state index contributed by atoms with van der Waals surface area (Å²) in [4.78, 5) is 2.16. The van der Waals surface area contributed by atoms with Gasteiger partial charge in [-0.2, -0.15) is 13.2 Å². The molecule has 3 nitrogen and oxygen atoms in total. The molecule has 3 aliphatic rings. The van der Waals surface area contributed by atoms with Crippen molar-refractivity contribution in [2.24, 2.45) is 5.92 Å². The van der Waals surface area contributed by atoms with Gasteiger partial charge in [-0.05, 0) is 87.5 Å². The summed E-state index contributed by atoms with van der Waals surface area (Å²) < 4.78 is 59.4. The fraction of sp³-hybridized carbons (Fsp3) is 0.478. The summed E-state index contributed by atoms with van der Waals surface area (Å²) in [6.45, 7) is 3.03. The van der Waals surface area contributed by atoms with Gasteiger partial charge in [-0.15, -0.1) is 0 Å². The lowest BCUT2D eigenvalue weighted by atomic mass is 9.93. The Balaban J connectivity index is 1.50. The molecule has 0 aromatic heterocycles. The largest absolute Gasteiger partial charge is 0.455 e. The van der Waals surface area contributed by atoms with Gasteiger partial charge in [-0.25, -0.2) is 4.39 Å². The molecule has 0 radical (unpaired) electrons. The van der Waals surface area contributed by atoms with Crippen LogP contribution in [0.5, 0.6) is 5.75 Å². The van der Waals surface area contributed by atoms with Crippen molar-refractivity contribution in [2.45, 2.75) is 38.3 Å². The van der Waals surface area contributed by atoms with Crippen molar-refractivity contribution in [1.29, 1.82) is 0 Å². The quantitative estimate of drug-likeness (QED) is 0.543. The highest BCUT2D eigenvalue weighted by Gasteiger charge is 2.39. The Hall–Kier alpha value is -1.77. The summed E-state index contributed by atoms with van der Waals surface area (Å²) in [6.07, 6.45) is 2.27. The number of aliphatic hydroxyl groups excluding tert-OH is 1. The molecule has 1 saturated heterocycles. The minimum Gasteiger partial charge on any atom is -0.455 e. The molecule has 3 heterocycles. The van der Waals surface area contributed by atoms with Crippen LogP contribution < -0.4 is 4.74 Å². The number of nitrogens with zero attached hydrogens (tertiary/aromatic N) is 1. The standard InChI is InChI=1S/C23H25F4NO2S/c24-16-3-4-17-18(2-1-10-28-11-7-15(8-12-28)9-13-29)22-19(30-20(17)14-16)5-6-21(31-22)23(25,26)27/h3-6,14-15,29H,1-2,7-13H2. The van der Waals surface area contributed by atoms with Crippen LogP contribution in [-0.2, 0) is 0 Å². The van der Waals surface area contributed by atoms with Crippen molar-refractivity contribution in [2.75, 3.05) is 26.2 Å². The van der Waals surface area contributed by atoms with Crippen LogP contribution in [0.25, 0.3) is 5.57 Å². The summed E-state index contributed by atoms with van der Waals surface area (Å²) >= 11 is 0.681. The second-order valence-electron chi connectivity index (χ2n) is 8.11. The van der Waals surface area contributed by atoms with Gasteiger partial charge in [0.05, 0.1) is 9.81 Å². The van der Waals surface area contributed by atoms with Crippen molar-refractivity contribution in [3.8, 4) is 5.75 Å². The van der Waals surface area contributed by atoms with Crippen LogP contribution in [0.1, 0.15) is 37.7 Å². The Labute approximate surface area is 183 Å². The molecule has 0 unspecified atom stereocenters. The van der Waals surface area contributed by atoms with Crippen LogP contribution in [-0.4, -0.2) is 42.4 Å². The maximum atomic E-state index is 13.7. The number of aliphatic hydroxyl groups is 1. The van der Waals surface area contributed by atoms with Gasteiger partial charge in [-0.3, -0.25) is 0 Å². The third kappa shape index (κ3) is 5.18. The molecule has 31 heavy (non-hydrogen) atoms. The van der Waals surface area contributed by atoms with Crippen molar-refractivity contribution in [3.63, 3.8) is 0 Å². The first-order valence-electron chi connectivity index (χ1n) is 10.6. The number of piperidine rings is 1. The van der Waals surface area contributed by atoms with Crippen LogP contribution in [0, 0.1) is 11.7 Å². The van der Waals surface area contributed by atoms with Gasteiger partial charge in [0.1, 0.15) is 17.3 Å². The molecule has 1 aromatic carbocycles. The SMILES string of the molecule is OCCC1CCN(CCCC2=C3SC(C(F)(F)F)=CC=C3Oc3cc(F)ccc32)CC1. The van der Waals surface area contributed by atoms with Gasteiger partial charge in [0.2, 0.25) is 0 Å². The van der Waals surface area contributed by atoms with Crippen LogP contribution in [0.4, 0.5) is 17.6 Å². The molecular formula is C23H25F4NO2S. The number of thioether (sulfide) groups is 1. The highest BCUT2D eigenvalue weighted by molar-refractivity contribution is 8.07. The minimum atomic E-state index is -4.42. The average molecular weight is 456 g/mol. The van der Waals surface area contributed by atoms with Crippen molar-refractivity contribution >= 4 is 17.3 Å². The summed E-state index contributed by atoms with van der Waals surface area (Å²) in [5.74, 6) is 0.820. The summed E-state index contributed by atoms with van der Waals surface area (Å²) in [5.41, 5.74) is 1.44. The first-order valence-corrected chi connectivity index (χ1v) is 11.4. The van der Waals surface area contributed by atoms with Crippen molar-refractivity contribution in [3.05, 3.63) is 57.3 Å². The Morgan fingerprint density at radius 2 is 1.94 bits per heavy atom. The van der Waals surface area contributed by atoms with Crippen LogP contribution in [0.2, 0.25) is 0 Å².